The highest BCUT2D eigenvalue weighted by molar-refractivity contribution is 6.27. The van der Waals surface area contributed by atoms with Gasteiger partial charge in [-0.05, 0) is 25.8 Å². The Morgan fingerprint density at radius 2 is 2.00 bits per heavy atom. The summed E-state index contributed by atoms with van der Waals surface area (Å²) in [6.07, 6.45) is 6.98. The van der Waals surface area contributed by atoms with Crippen LogP contribution in [-0.4, -0.2) is 45.4 Å². The minimum Gasteiger partial charge on any atom is -0.473 e. The van der Waals surface area contributed by atoms with E-state index < -0.39 is 11.9 Å². The summed E-state index contributed by atoms with van der Waals surface area (Å²) in [5, 5.41) is 22.1. The van der Waals surface area contributed by atoms with E-state index in [1.165, 1.54) is 19.3 Å². The molecule has 0 unspecified atom stereocenters. The van der Waals surface area contributed by atoms with Crippen LogP contribution in [0.3, 0.4) is 0 Å². The van der Waals surface area contributed by atoms with Crippen LogP contribution in [0.25, 0.3) is 5.57 Å². The summed E-state index contributed by atoms with van der Waals surface area (Å²) in [4.78, 5) is 22.7. The van der Waals surface area contributed by atoms with Crippen LogP contribution in [0.2, 0.25) is 0 Å². The molecule has 0 bridgehead atoms. The first kappa shape index (κ1) is 15.2. The third-order valence-corrected chi connectivity index (χ3v) is 3.40. The van der Waals surface area contributed by atoms with Crippen molar-refractivity contribution in [3.8, 4) is 0 Å². The van der Waals surface area contributed by atoms with E-state index in [0.717, 1.165) is 30.9 Å². The van der Waals surface area contributed by atoms with Crippen LogP contribution in [0.5, 0.6) is 0 Å². The smallest absolute Gasteiger partial charge is 0.414 e. The second-order valence-corrected chi connectivity index (χ2v) is 4.89. The average Bonchev–Trinajstić information content (AvgIpc) is 2.88. The first-order valence-electron chi connectivity index (χ1n) is 6.78. The predicted molar refractivity (Wildman–Crippen MR) is 71.6 cm³/mol. The van der Waals surface area contributed by atoms with Crippen molar-refractivity contribution in [1.82, 2.24) is 15.5 Å². The zero-order valence-electron chi connectivity index (χ0n) is 11.4. The van der Waals surface area contributed by atoms with Crippen molar-refractivity contribution in [1.29, 1.82) is 0 Å². The van der Waals surface area contributed by atoms with Gasteiger partial charge < -0.3 is 20.1 Å². The molecule has 0 spiro atoms. The molecular formula is C13H17N3O5. The molecule has 0 amide bonds. The number of aromatic nitrogens is 2. The topological polar surface area (TPSA) is 126 Å². The van der Waals surface area contributed by atoms with Gasteiger partial charge in [0.15, 0.2) is 5.82 Å². The molecule has 1 aromatic heterocycles. The lowest BCUT2D eigenvalue weighted by Crippen LogP contribution is -2.21. The third kappa shape index (κ3) is 4.12. The van der Waals surface area contributed by atoms with Gasteiger partial charge in [0.1, 0.15) is 0 Å². The van der Waals surface area contributed by atoms with Crippen molar-refractivity contribution in [2.24, 2.45) is 0 Å². The summed E-state index contributed by atoms with van der Waals surface area (Å²) >= 11 is 0. The minimum absolute atomic E-state index is 0.555. The first-order valence-corrected chi connectivity index (χ1v) is 6.78. The number of rotatable bonds is 2. The Morgan fingerprint density at radius 3 is 2.48 bits per heavy atom. The molecule has 114 valence electrons. The highest BCUT2D eigenvalue weighted by atomic mass is 16.5. The van der Waals surface area contributed by atoms with Gasteiger partial charge in [0, 0.05) is 18.0 Å². The van der Waals surface area contributed by atoms with Crippen molar-refractivity contribution in [3.05, 3.63) is 17.8 Å². The zero-order valence-corrected chi connectivity index (χ0v) is 11.4. The van der Waals surface area contributed by atoms with Gasteiger partial charge in [0.25, 0.3) is 5.89 Å². The number of nitrogens with one attached hydrogen (secondary N) is 1. The van der Waals surface area contributed by atoms with Gasteiger partial charge in [-0.25, -0.2) is 9.59 Å². The first-order chi connectivity index (χ1) is 10.1. The van der Waals surface area contributed by atoms with Gasteiger partial charge in [-0.1, -0.05) is 17.7 Å². The molecule has 0 atom stereocenters. The van der Waals surface area contributed by atoms with Crippen LogP contribution in [0.15, 0.2) is 10.6 Å². The molecule has 21 heavy (non-hydrogen) atoms. The number of carbonyl (C=O) groups is 2. The van der Waals surface area contributed by atoms with Crippen LogP contribution in [0.1, 0.15) is 43.3 Å². The summed E-state index contributed by atoms with van der Waals surface area (Å²) in [7, 11) is 0. The molecule has 2 heterocycles. The summed E-state index contributed by atoms with van der Waals surface area (Å²) in [5.41, 5.74) is 1.15. The zero-order chi connectivity index (χ0) is 15.2. The number of aliphatic carboxylic acids is 2. The quantitative estimate of drug-likeness (QED) is 0.686. The summed E-state index contributed by atoms with van der Waals surface area (Å²) in [6, 6.07) is 0. The highest BCUT2D eigenvalue weighted by Gasteiger charge is 2.25. The van der Waals surface area contributed by atoms with E-state index >= 15 is 0 Å². The SMILES string of the molecule is C1=C(c2nc(C3CCC3)no2)CNCC1.O=C(O)C(=O)O. The summed E-state index contributed by atoms with van der Waals surface area (Å²) in [5.74, 6) is -1.48. The molecule has 1 saturated carbocycles. The number of hydrogen-bond acceptors (Lipinski definition) is 6. The Labute approximate surface area is 120 Å². The van der Waals surface area contributed by atoms with E-state index in [1.807, 2.05) is 0 Å². The lowest BCUT2D eigenvalue weighted by Gasteiger charge is -2.21. The Bertz CT molecular complexity index is 536. The molecule has 1 aromatic rings. The maximum atomic E-state index is 9.10. The molecule has 0 radical (unpaired) electrons. The van der Waals surface area contributed by atoms with E-state index in [4.69, 9.17) is 24.3 Å². The second kappa shape index (κ2) is 6.98. The minimum atomic E-state index is -1.82. The van der Waals surface area contributed by atoms with E-state index in [1.54, 1.807) is 0 Å². The Balaban J connectivity index is 0.000000232. The molecule has 3 N–H and O–H groups in total. The Kier molecular flexibility index (Phi) is 5.04. The van der Waals surface area contributed by atoms with Crippen molar-refractivity contribution < 1.29 is 24.3 Å². The van der Waals surface area contributed by atoms with E-state index in [2.05, 4.69) is 21.5 Å². The molecule has 1 fully saturated rings. The van der Waals surface area contributed by atoms with E-state index in [-0.39, 0.29) is 0 Å². The normalized spacial score (nSPS) is 18.0. The standard InChI is InChI=1S/C11H15N3O.C2H2O4/c1-3-8(4-1)10-13-11(15-14-10)9-5-2-6-12-7-9;3-1(4)2(5)6/h5,8,12H,1-4,6-7H2;(H,3,4)(H,5,6). The maximum Gasteiger partial charge on any atom is 0.414 e. The molecular weight excluding hydrogens is 278 g/mol. The molecule has 0 aromatic carbocycles. The van der Waals surface area contributed by atoms with Gasteiger partial charge >= 0.3 is 11.9 Å². The van der Waals surface area contributed by atoms with E-state index in [0.29, 0.717) is 11.8 Å². The van der Waals surface area contributed by atoms with Crippen molar-refractivity contribution >= 4 is 17.5 Å². The highest BCUT2D eigenvalue weighted by Crippen LogP contribution is 2.34. The lowest BCUT2D eigenvalue weighted by atomic mass is 9.85. The van der Waals surface area contributed by atoms with Crippen LogP contribution in [-0.2, 0) is 9.59 Å². The van der Waals surface area contributed by atoms with Crippen LogP contribution in [0.4, 0.5) is 0 Å². The van der Waals surface area contributed by atoms with Crippen LogP contribution in [0, 0.1) is 0 Å². The molecule has 1 aliphatic carbocycles. The van der Waals surface area contributed by atoms with Gasteiger partial charge in [0.2, 0.25) is 0 Å². The molecule has 8 nitrogen and oxygen atoms in total. The number of carboxylic acids is 2. The molecule has 8 heteroatoms. The van der Waals surface area contributed by atoms with Gasteiger partial charge in [-0.2, -0.15) is 4.98 Å². The Hall–Kier alpha value is -2.22. The largest absolute Gasteiger partial charge is 0.473 e. The van der Waals surface area contributed by atoms with Crippen molar-refractivity contribution in [3.63, 3.8) is 0 Å². The molecule has 1 aliphatic heterocycles. The third-order valence-electron chi connectivity index (χ3n) is 3.40. The molecule has 0 saturated heterocycles. The average molecular weight is 295 g/mol. The fourth-order valence-corrected chi connectivity index (χ4v) is 2.00. The maximum absolute atomic E-state index is 9.10. The number of carboxylic acid groups (broad SMARTS) is 2. The second-order valence-electron chi connectivity index (χ2n) is 4.89. The predicted octanol–water partition coefficient (Wildman–Crippen LogP) is 0.869. The molecule has 2 aliphatic rings. The van der Waals surface area contributed by atoms with Crippen molar-refractivity contribution in [2.75, 3.05) is 13.1 Å². The Morgan fingerprint density at radius 1 is 1.29 bits per heavy atom. The van der Waals surface area contributed by atoms with Crippen molar-refractivity contribution in [2.45, 2.75) is 31.6 Å². The van der Waals surface area contributed by atoms with Gasteiger partial charge in [-0.3, -0.25) is 0 Å². The van der Waals surface area contributed by atoms with Crippen LogP contribution < -0.4 is 5.32 Å². The fraction of sp³-hybridized carbons (Fsp3) is 0.538. The number of nitrogens with zero attached hydrogens (tertiary/aromatic N) is 2. The summed E-state index contributed by atoms with van der Waals surface area (Å²) in [6.45, 7) is 1.90. The van der Waals surface area contributed by atoms with Gasteiger partial charge in [-0.15, -0.1) is 0 Å². The van der Waals surface area contributed by atoms with Crippen LogP contribution >= 0.6 is 0 Å². The lowest BCUT2D eigenvalue weighted by molar-refractivity contribution is -0.159. The number of hydrogen-bond donors (Lipinski definition) is 3. The van der Waals surface area contributed by atoms with Gasteiger partial charge in [0.05, 0.1) is 0 Å². The summed E-state index contributed by atoms with van der Waals surface area (Å²) < 4.78 is 5.29. The van der Waals surface area contributed by atoms with E-state index in [9.17, 15) is 0 Å². The fourth-order valence-electron chi connectivity index (χ4n) is 2.00. The molecule has 3 rings (SSSR count). The monoisotopic (exact) mass is 295 g/mol.